The molecule has 0 spiro atoms. The molecule has 1 N–H and O–H groups in total. The van der Waals surface area contributed by atoms with E-state index in [0.29, 0.717) is 23.6 Å². The molecule has 0 fully saturated rings. The third-order valence-electron chi connectivity index (χ3n) is 3.95. The second-order valence-electron chi connectivity index (χ2n) is 5.89. The summed E-state index contributed by atoms with van der Waals surface area (Å²) >= 11 is 0. The van der Waals surface area contributed by atoms with Gasteiger partial charge in [0.25, 0.3) is 5.91 Å². The lowest BCUT2D eigenvalue weighted by Crippen LogP contribution is -2.12. The normalized spacial score (nSPS) is 10.4. The first-order chi connectivity index (χ1) is 13.8. The molecule has 0 aliphatic carbocycles. The zero-order valence-electron chi connectivity index (χ0n) is 14.8. The average molecular weight is 372 g/mol. The van der Waals surface area contributed by atoms with Crippen LogP contribution < -0.4 is 10.1 Å². The number of amides is 1. The highest BCUT2D eigenvalue weighted by Gasteiger charge is 2.08. The summed E-state index contributed by atoms with van der Waals surface area (Å²) in [5.41, 5.74) is 2.77. The number of benzene rings is 2. The van der Waals surface area contributed by atoms with Crippen LogP contribution in [0.15, 0.2) is 79.3 Å². The van der Waals surface area contributed by atoms with Crippen molar-refractivity contribution in [1.29, 1.82) is 0 Å². The molecule has 138 valence electrons. The van der Waals surface area contributed by atoms with Crippen LogP contribution in [-0.4, -0.2) is 31.1 Å². The van der Waals surface area contributed by atoms with Gasteiger partial charge < -0.3 is 10.1 Å². The molecule has 0 saturated heterocycles. The van der Waals surface area contributed by atoms with Crippen LogP contribution in [0.2, 0.25) is 0 Å². The molecule has 2 aromatic carbocycles. The number of rotatable bonds is 6. The predicted molar refractivity (Wildman–Crippen MR) is 102 cm³/mol. The number of anilines is 1. The van der Waals surface area contributed by atoms with Crippen LogP contribution in [0.3, 0.4) is 0 Å². The van der Waals surface area contributed by atoms with Crippen molar-refractivity contribution in [1.82, 2.24) is 25.2 Å². The van der Waals surface area contributed by atoms with E-state index in [-0.39, 0.29) is 5.91 Å². The summed E-state index contributed by atoms with van der Waals surface area (Å²) < 4.78 is 7.26. The molecule has 4 rings (SSSR count). The molecule has 2 aromatic heterocycles. The number of nitrogens with zero attached hydrogens (tertiary/aromatic N) is 5. The van der Waals surface area contributed by atoms with Gasteiger partial charge in [0.15, 0.2) is 0 Å². The third-order valence-corrected chi connectivity index (χ3v) is 3.95. The van der Waals surface area contributed by atoms with E-state index in [1.807, 2.05) is 30.3 Å². The van der Waals surface area contributed by atoms with E-state index in [1.54, 1.807) is 42.6 Å². The highest BCUT2D eigenvalue weighted by atomic mass is 16.5. The van der Waals surface area contributed by atoms with Crippen LogP contribution in [-0.2, 0) is 6.61 Å². The lowest BCUT2D eigenvalue weighted by Gasteiger charge is -2.09. The number of nitrogens with one attached hydrogen (secondary N) is 1. The second kappa shape index (κ2) is 8.09. The molecule has 28 heavy (non-hydrogen) atoms. The molecular formula is C20H16N6O2. The van der Waals surface area contributed by atoms with Gasteiger partial charge in [-0.2, -0.15) is 0 Å². The van der Waals surface area contributed by atoms with E-state index < -0.39 is 0 Å². The summed E-state index contributed by atoms with van der Waals surface area (Å²) in [6.07, 6.45) is 3.21. The fourth-order valence-corrected chi connectivity index (χ4v) is 2.55. The number of tetrazole rings is 1. The van der Waals surface area contributed by atoms with Gasteiger partial charge in [0, 0.05) is 23.5 Å². The lowest BCUT2D eigenvalue weighted by molar-refractivity contribution is 0.102. The van der Waals surface area contributed by atoms with E-state index in [4.69, 9.17) is 4.74 Å². The Morgan fingerprint density at radius 1 is 1.04 bits per heavy atom. The van der Waals surface area contributed by atoms with Crippen molar-refractivity contribution >= 4 is 11.6 Å². The van der Waals surface area contributed by atoms with Gasteiger partial charge in [0.2, 0.25) is 0 Å². The van der Waals surface area contributed by atoms with Gasteiger partial charge in [0.05, 0.1) is 11.4 Å². The first-order valence-electron chi connectivity index (χ1n) is 8.55. The summed E-state index contributed by atoms with van der Waals surface area (Å²) in [4.78, 5) is 16.7. The first kappa shape index (κ1) is 17.3. The van der Waals surface area contributed by atoms with Crippen molar-refractivity contribution in [2.24, 2.45) is 0 Å². The van der Waals surface area contributed by atoms with Gasteiger partial charge in [-0.05, 0) is 59.0 Å². The minimum Gasteiger partial charge on any atom is -0.487 e. The number of hydrogen-bond acceptors (Lipinski definition) is 6. The zero-order valence-corrected chi connectivity index (χ0v) is 14.8. The molecule has 8 nitrogen and oxygen atoms in total. The van der Waals surface area contributed by atoms with E-state index >= 15 is 0 Å². The molecule has 8 heteroatoms. The van der Waals surface area contributed by atoms with Crippen LogP contribution in [0.5, 0.6) is 5.75 Å². The first-order valence-corrected chi connectivity index (χ1v) is 8.55. The van der Waals surface area contributed by atoms with E-state index in [1.165, 1.54) is 11.0 Å². The maximum absolute atomic E-state index is 12.5. The Balaban J connectivity index is 1.40. The number of carbonyl (C=O) groups excluding carboxylic acids is 1. The Labute approximate surface area is 160 Å². The fourth-order valence-electron chi connectivity index (χ4n) is 2.55. The van der Waals surface area contributed by atoms with Crippen LogP contribution in [0.25, 0.3) is 5.69 Å². The number of carbonyl (C=O) groups is 1. The molecule has 2 heterocycles. The van der Waals surface area contributed by atoms with Crippen LogP contribution in [0, 0.1) is 0 Å². The SMILES string of the molecule is O=C(Nc1cccc(OCc2ccccn2)c1)c1ccc(-n2cnnn2)cc1. The minimum atomic E-state index is -0.217. The Morgan fingerprint density at radius 2 is 1.93 bits per heavy atom. The lowest BCUT2D eigenvalue weighted by atomic mass is 10.2. The molecule has 0 bridgehead atoms. The summed E-state index contributed by atoms with van der Waals surface area (Å²) in [5.74, 6) is 0.433. The highest BCUT2D eigenvalue weighted by Crippen LogP contribution is 2.19. The van der Waals surface area contributed by atoms with E-state index in [9.17, 15) is 4.79 Å². The maximum atomic E-state index is 12.5. The van der Waals surface area contributed by atoms with Gasteiger partial charge >= 0.3 is 0 Å². The minimum absolute atomic E-state index is 0.217. The summed E-state index contributed by atoms with van der Waals surface area (Å²) in [6, 6.07) is 19.9. The Bertz CT molecular complexity index is 1050. The molecule has 0 aliphatic heterocycles. The van der Waals surface area contributed by atoms with Gasteiger partial charge in [-0.25, -0.2) is 4.68 Å². The third kappa shape index (κ3) is 4.18. The number of pyridine rings is 1. The Hall–Kier alpha value is -4.07. The van der Waals surface area contributed by atoms with Crippen LogP contribution in [0.4, 0.5) is 5.69 Å². The molecular weight excluding hydrogens is 356 g/mol. The van der Waals surface area contributed by atoms with Crippen LogP contribution >= 0.6 is 0 Å². The molecule has 0 saturated carbocycles. The van der Waals surface area contributed by atoms with Crippen molar-refractivity contribution in [2.75, 3.05) is 5.32 Å². The van der Waals surface area contributed by atoms with Crippen molar-refractivity contribution in [3.05, 3.63) is 90.5 Å². The van der Waals surface area contributed by atoms with Crippen molar-refractivity contribution in [2.45, 2.75) is 6.61 Å². The zero-order chi connectivity index (χ0) is 19.2. The average Bonchev–Trinajstić information content (AvgIpc) is 3.28. The monoisotopic (exact) mass is 372 g/mol. The molecule has 0 atom stereocenters. The van der Waals surface area contributed by atoms with Gasteiger partial charge in [-0.1, -0.05) is 12.1 Å². The quantitative estimate of drug-likeness (QED) is 0.559. The summed E-state index contributed by atoms with van der Waals surface area (Å²) in [7, 11) is 0. The largest absolute Gasteiger partial charge is 0.487 e. The van der Waals surface area contributed by atoms with Gasteiger partial charge in [0.1, 0.15) is 18.7 Å². The summed E-state index contributed by atoms with van der Waals surface area (Å²) in [5, 5.41) is 13.9. The summed E-state index contributed by atoms with van der Waals surface area (Å²) in [6.45, 7) is 0.358. The van der Waals surface area contributed by atoms with Crippen LogP contribution in [0.1, 0.15) is 16.1 Å². The molecule has 4 aromatic rings. The van der Waals surface area contributed by atoms with Crippen molar-refractivity contribution < 1.29 is 9.53 Å². The topological polar surface area (TPSA) is 94.8 Å². The Kier molecular flexibility index (Phi) is 5.01. The molecule has 1 amide bonds. The number of aromatic nitrogens is 5. The molecule has 0 unspecified atom stereocenters. The highest BCUT2D eigenvalue weighted by molar-refractivity contribution is 6.04. The maximum Gasteiger partial charge on any atom is 0.255 e. The van der Waals surface area contributed by atoms with Gasteiger partial charge in [-0.3, -0.25) is 9.78 Å². The van der Waals surface area contributed by atoms with E-state index in [2.05, 4.69) is 25.8 Å². The van der Waals surface area contributed by atoms with Crippen molar-refractivity contribution in [3.8, 4) is 11.4 Å². The Morgan fingerprint density at radius 3 is 2.68 bits per heavy atom. The van der Waals surface area contributed by atoms with E-state index in [0.717, 1.165) is 11.4 Å². The smallest absolute Gasteiger partial charge is 0.255 e. The predicted octanol–water partition coefficient (Wildman–Crippen LogP) is 2.89. The number of hydrogen-bond donors (Lipinski definition) is 1. The molecule has 0 radical (unpaired) electrons. The fraction of sp³-hybridized carbons (Fsp3) is 0.0500. The second-order valence-corrected chi connectivity index (χ2v) is 5.89. The molecule has 0 aliphatic rings. The van der Waals surface area contributed by atoms with Gasteiger partial charge in [-0.15, -0.1) is 5.10 Å². The van der Waals surface area contributed by atoms with Crippen molar-refractivity contribution in [3.63, 3.8) is 0 Å². The standard InChI is InChI=1S/C20H16N6O2/c27-20(15-7-9-18(10-8-15)26-14-22-24-25-26)23-16-5-3-6-19(12-16)28-13-17-4-1-2-11-21-17/h1-12,14H,13H2,(H,23,27). The number of ether oxygens (including phenoxy) is 1.